The molecule has 3 rings (SSSR count). The summed E-state index contributed by atoms with van der Waals surface area (Å²) < 4.78 is 29.4. The van der Waals surface area contributed by atoms with Crippen LogP contribution in [0.3, 0.4) is 0 Å². The van der Waals surface area contributed by atoms with Gasteiger partial charge in [-0.2, -0.15) is 5.10 Å². The zero-order chi connectivity index (χ0) is 17.6. The third-order valence-corrected chi connectivity index (χ3v) is 4.50. The third-order valence-electron chi connectivity index (χ3n) is 3.67. The van der Waals surface area contributed by atoms with Gasteiger partial charge in [0.1, 0.15) is 11.6 Å². The maximum Gasteiger partial charge on any atom is 0.135 e. The topological polar surface area (TPSA) is 17.8 Å². The lowest BCUT2D eigenvalue weighted by Crippen LogP contribution is -1.98. The van der Waals surface area contributed by atoms with Gasteiger partial charge >= 0.3 is 0 Å². The molecule has 0 saturated heterocycles. The highest BCUT2D eigenvalue weighted by atomic mass is 35.5. The third kappa shape index (κ3) is 2.90. The molecule has 0 aliphatic heterocycles. The van der Waals surface area contributed by atoms with E-state index in [1.165, 1.54) is 35.0 Å². The molecule has 1 aromatic heterocycles. The highest BCUT2D eigenvalue weighted by Gasteiger charge is 2.23. The Kier molecular flexibility index (Phi) is 4.56. The van der Waals surface area contributed by atoms with Crippen LogP contribution in [0.5, 0.6) is 0 Å². The normalized spacial score (nSPS) is 11.1. The summed E-state index contributed by atoms with van der Waals surface area (Å²) in [6, 6.07) is 6.66. The van der Waals surface area contributed by atoms with Crippen molar-refractivity contribution in [3.63, 3.8) is 0 Å². The van der Waals surface area contributed by atoms with Crippen molar-refractivity contribution in [1.29, 1.82) is 0 Å². The van der Waals surface area contributed by atoms with Crippen molar-refractivity contribution in [2.45, 2.75) is 6.92 Å². The first-order valence-electron chi connectivity index (χ1n) is 6.93. The fraction of sp³-hybridized carbons (Fsp3) is 0.118. The average Bonchev–Trinajstić information content (AvgIpc) is 2.73. The summed E-state index contributed by atoms with van der Waals surface area (Å²) in [6.07, 6.45) is 0. The maximum absolute atomic E-state index is 14.5. The Morgan fingerprint density at radius 1 is 0.958 bits per heavy atom. The van der Waals surface area contributed by atoms with Crippen molar-refractivity contribution >= 4 is 34.8 Å². The molecule has 0 aliphatic carbocycles. The molecule has 2 aromatic carbocycles. The standard InChI is InChI=1S/C17H11Cl3F2N2/c1-8-15(11-4-3-10(21)7-12(11)19)17(24(2)23-8)16-13(20)5-9(18)6-14(16)22/h3-7H,1-2H3. The van der Waals surface area contributed by atoms with Crippen molar-refractivity contribution in [3.8, 4) is 22.4 Å². The monoisotopic (exact) mass is 386 g/mol. The minimum atomic E-state index is -0.574. The summed E-state index contributed by atoms with van der Waals surface area (Å²) in [5.41, 5.74) is 2.36. The van der Waals surface area contributed by atoms with Crippen LogP contribution in [-0.4, -0.2) is 9.78 Å². The van der Waals surface area contributed by atoms with Gasteiger partial charge < -0.3 is 0 Å². The van der Waals surface area contributed by atoms with Crippen LogP contribution in [0.1, 0.15) is 5.69 Å². The second kappa shape index (κ2) is 6.36. The first-order chi connectivity index (χ1) is 11.3. The van der Waals surface area contributed by atoms with Crippen LogP contribution in [0.25, 0.3) is 22.4 Å². The van der Waals surface area contributed by atoms with Crippen molar-refractivity contribution < 1.29 is 8.78 Å². The van der Waals surface area contributed by atoms with Crippen LogP contribution < -0.4 is 0 Å². The molecule has 124 valence electrons. The Labute approximate surface area is 152 Å². The van der Waals surface area contributed by atoms with Crippen LogP contribution in [0, 0.1) is 18.6 Å². The Hall–Kier alpha value is -1.62. The fourth-order valence-corrected chi connectivity index (χ4v) is 3.55. The highest BCUT2D eigenvalue weighted by Crippen LogP contribution is 2.42. The minimum absolute atomic E-state index is 0.155. The van der Waals surface area contributed by atoms with E-state index in [2.05, 4.69) is 5.10 Å². The first-order valence-corrected chi connectivity index (χ1v) is 8.07. The quantitative estimate of drug-likeness (QED) is 0.504. The second-order valence-corrected chi connectivity index (χ2v) is 6.55. The predicted molar refractivity (Wildman–Crippen MR) is 93.8 cm³/mol. The lowest BCUT2D eigenvalue weighted by Gasteiger charge is -2.12. The minimum Gasteiger partial charge on any atom is -0.267 e. The van der Waals surface area contributed by atoms with E-state index in [0.717, 1.165) is 0 Å². The molecule has 0 bridgehead atoms. The molecule has 3 aromatic rings. The summed E-state index contributed by atoms with van der Waals surface area (Å²) in [4.78, 5) is 0. The van der Waals surface area contributed by atoms with Gasteiger partial charge in [0.15, 0.2) is 0 Å². The zero-order valence-corrected chi connectivity index (χ0v) is 14.9. The summed E-state index contributed by atoms with van der Waals surface area (Å²) in [7, 11) is 1.67. The molecule has 0 radical (unpaired) electrons. The van der Waals surface area contributed by atoms with Crippen LogP contribution in [0.2, 0.25) is 15.1 Å². The number of benzene rings is 2. The lowest BCUT2D eigenvalue weighted by molar-refractivity contribution is 0.627. The fourth-order valence-electron chi connectivity index (χ4n) is 2.73. The molecule has 24 heavy (non-hydrogen) atoms. The molecule has 7 heteroatoms. The van der Waals surface area contributed by atoms with Crippen molar-refractivity contribution in [2.24, 2.45) is 7.05 Å². The zero-order valence-electron chi connectivity index (χ0n) is 12.7. The number of rotatable bonds is 2. The lowest BCUT2D eigenvalue weighted by atomic mass is 9.98. The first kappa shape index (κ1) is 17.2. The second-order valence-electron chi connectivity index (χ2n) is 5.30. The molecule has 0 spiro atoms. The Morgan fingerprint density at radius 3 is 2.29 bits per heavy atom. The molecular weight excluding hydrogens is 377 g/mol. The van der Waals surface area contributed by atoms with E-state index in [1.807, 2.05) is 0 Å². The molecule has 0 unspecified atom stereocenters. The SMILES string of the molecule is Cc1nn(C)c(-c2c(F)cc(Cl)cc2Cl)c1-c1ccc(F)cc1Cl. The van der Waals surface area contributed by atoms with Gasteiger partial charge in [-0.3, -0.25) is 4.68 Å². The smallest absolute Gasteiger partial charge is 0.135 e. The number of hydrogen-bond donors (Lipinski definition) is 0. The highest BCUT2D eigenvalue weighted by molar-refractivity contribution is 6.37. The average molecular weight is 388 g/mol. The largest absolute Gasteiger partial charge is 0.267 e. The molecule has 1 heterocycles. The molecule has 0 aliphatic rings. The maximum atomic E-state index is 14.5. The molecule has 0 amide bonds. The number of aromatic nitrogens is 2. The van der Waals surface area contributed by atoms with Crippen molar-refractivity contribution in [3.05, 3.63) is 62.7 Å². The molecule has 0 atom stereocenters. The number of nitrogens with zero attached hydrogens (tertiary/aromatic N) is 2. The van der Waals surface area contributed by atoms with E-state index in [9.17, 15) is 8.78 Å². The predicted octanol–water partition coefficient (Wildman–Crippen LogP) is 6.30. The summed E-state index contributed by atoms with van der Waals surface area (Å²) in [5.74, 6) is -1.03. The van der Waals surface area contributed by atoms with Crippen LogP contribution in [0.4, 0.5) is 8.78 Å². The van der Waals surface area contributed by atoms with E-state index < -0.39 is 11.6 Å². The molecule has 0 N–H and O–H groups in total. The van der Waals surface area contributed by atoms with E-state index in [0.29, 0.717) is 22.5 Å². The summed E-state index contributed by atoms with van der Waals surface area (Å²) in [5, 5.41) is 4.90. The van der Waals surface area contributed by atoms with E-state index in [1.54, 1.807) is 14.0 Å². The van der Waals surface area contributed by atoms with Crippen LogP contribution in [-0.2, 0) is 7.05 Å². The van der Waals surface area contributed by atoms with Crippen LogP contribution in [0.15, 0.2) is 30.3 Å². The molecule has 0 fully saturated rings. The summed E-state index contributed by atoms with van der Waals surface area (Å²) >= 11 is 18.2. The van der Waals surface area contributed by atoms with Gasteiger partial charge in [-0.1, -0.05) is 34.8 Å². The van der Waals surface area contributed by atoms with Crippen LogP contribution >= 0.6 is 34.8 Å². The van der Waals surface area contributed by atoms with Gasteiger partial charge in [0.2, 0.25) is 0 Å². The van der Waals surface area contributed by atoms with Gasteiger partial charge in [0.25, 0.3) is 0 Å². The number of hydrogen-bond acceptors (Lipinski definition) is 1. The number of aryl methyl sites for hydroxylation is 2. The van der Waals surface area contributed by atoms with Gasteiger partial charge in [0.05, 0.1) is 27.0 Å². The number of halogens is 5. The van der Waals surface area contributed by atoms with Crippen molar-refractivity contribution in [2.75, 3.05) is 0 Å². The molecular formula is C17H11Cl3F2N2. The summed E-state index contributed by atoms with van der Waals surface area (Å²) in [6.45, 7) is 1.76. The van der Waals surface area contributed by atoms with Crippen molar-refractivity contribution in [1.82, 2.24) is 9.78 Å². The Balaban J connectivity index is 2.36. The Bertz CT molecular complexity index is 928. The molecule has 2 nitrogen and oxygen atoms in total. The van der Waals surface area contributed by atoms with Gasteiger partial charge in [-0.05, 0) is 37.3 Å². The van der Waals surface area contributed by atoms with Gasteiger partial charge in [-0.25, -0.2) is 8.78 Å². The van der Waals surface area contributed by atoms with E-state index >= 15 is 0 Å². The van der Waals surface area contributed by atoms with Gasteiger partial charge in [-0.15, -0.1) is 0 Å². The van der Waals surface area contributed by atoms with E-state index in [4.69, 9.17) is 34.8 Å². The molecule has 0 saturated carbocycles. The van der Waals surface area contributed by atoms with Gasteiger partial charge in [0, 0.05) is 23.2 Å². The Morgan fingerprint density at radius 2 is 1.67 bits per heavy atom. The van der Waals surface area contributed by atoms with E-state index in [-0.39, 0.29) is 20.6 Å².